The van der Waals surface area contributed by atoms with Crippen molar-refractivity contribution in [2.45, 2.75) is 32.2 Å². The number of quaternary nitrogens is 1. The van der Waals surface area contributed by atoms with E-state index in [2.05, 4.69) is 5.32 Å². The summed E-state index contributed by atoms with van der Waals surface area (Å²) in [7, 11) is 0. The van der Waals surface area contributed by atoms with Crippen LogP contribution in [-0.2, 0) is 0 Å². The fourth-order valence-electron chi connectivity index (χ4n) is 3.13. The average Bonchev–Trinajstić information content (AvgIpc) is 3.20. The quantitative estimate of drug-likeness (QED) is 0.884. The zero-order valence-electron chi connectivity index (χ0n) is 12.9. The Hall–Kier alpha value is -2.01. The van der Waals surface area contributed by atoms with E-state index in [0.717, 1.165) is 24.6 Å². The Morgan fingerprint density at radius 1 is 1.27 bits per heavy atom. The molecule has 5 heteroatoms. The van der Waals surface area contributed by atoms with E-state index in [-0.39, 0.29) is 11.9 Å². The predicted octanol–water partition coefficient (Wildman–Crippen LogP) is 1.72. The molecule has 2 aromatic heterocycles. The average molecular weight is 303 g/mol. The number of rotatable bonds is 5. The Kier molecular flexibility index (Phi) is 4.63. The zero-order chi connectivity index (χ0) is 15.4. The number of furan rings is 2. The number of hydrogen-bond acceptors (Lipinski definition) is 3. The summed E-state index contributed by atoms with van der Waals surface area (Å²) < 4.78 is 11.0. The van der Waals surface area contributed by atoms with Crippen molar-refractivity contribution in [1.29, 1.82) is 0 Å². The molecule has 1 fully saturated rings. The van der Waals surface area contributed by atoms with E-state index in [1.807, 2.05) is 19.1 Å². The smallest absolute Gasteiger partial charge is 0.287 e. The van der Waals surface area contributed by atoms with Gasteiger partial charge in [-0.2, -0.15) is 0 Å². The SMILES string of the molecule is Cc1ccc(C(=O)NC[C@@H](c2ccco2)[NH+]2CCCCC2)o1. The summed E-state index contributed by atoms with van der Waals surface area (Å²) in [6.07, 6.45) is 5.46. The van der Waals surface area contributed by atoms with Crippen LogP contribution in [0, 0.1) is 6.92 Å². The molecule has 0 bridgehead atoms. The predicted molar refractivity (Wildman–Crippen MR) is 81.8 cm³/mol. The lowest BCUT2D eigenvalue weighted by atomic mass is 10.1. The fourth-order valence-corrected chi connectivity index (χ4v) is 3.13. The summed E-state index contributed by atoms with van der Waals surface area (Å²) in [4.78, 5) is 13.7. The first-order valence-corrected chi connectivity index (χ1v) is 7.96. The van der Waals surface area contributed by atoms with Crippen molar-refractivity contribution < 1.29 is 18.5 Å². The lowest BCUT2D eigenvalue weighted by Crippen LogP contribution is -3.13. The van der Waals surface area contributed by atoms with Gasteiger partial charge in [-0.3, -0.25) is 4.79 Å². The Morgan fingerprint density at radius 2 is 2.09 bits per heavy atom. The molecule has 3 rings (SSSR count). The highest BCUT2D eigenvalue weighted by Crippen LogP contribution is 2.12. The van der Waals surface area contributed by atoms with Crippen LogP contribution >= 0.6 is 0 Å². The van der Waals surface area contributed by atoms with E-state index >= 15 is 0 Å². The van der Waals surface area contributed by atoms with Crippen LogP contribution in [0.25, 0.3) is 0 Å². The van der Waals surface area contributed by atoms with Gasteiger partial charge in [0, 0.05) is 0 Å². The van der Waals surface area contributed by atoms with Gasteiger partial charge in [-0.25, -0.2) is 0 Å². The topological polar surface area (TPSA) is 59.8 Å². The molecular formula is C17H23N2O3+. The Balaban J connectivity index is 1.66. The van der Waals surface area contributed by atoms with Crippen LogP contribution in [0.5, 0.6) is 0 Å². The van der Waals surface area contributed by atoms with Gasteiger partial charge in [0.15, 0.2) is 17.6 Å². The molecule has 0 radical (unpaired) electrons. The summed E-state index contributed by atoms with van der Waals surface area (Å²) in [6.45, 7) is 4.64. The minimum absolute atomic E-state index is 0.162. The summed E-state index contributed by atoms with van der Waals surface area (Å²) in [5.74, 6) is 1.88. The number of aryl methyl sites for hydroxylation is 1. The molecule has 22 heavy (non-hydrogen) atoms. The third kappa shape index (κ3) is 3.42. The minimum atomic E-state index is -0.166. The van der Waals surface area contributed by atoms with Gasteiger partial charge in [0.25, 0.3) is 5.91 Å². The fraction of sp³-hybridized carbons (Fsp3) is 0.471. The van der Waals surface area contributed by atoms with Crippen LogP contribution in [0.15, 0.2) is 39.4 Å². The summed E-state index contributed by atoms with van der Waals surface area (Å²) in [6, 6.07) is 7.57. The van der Waals surface area contributed by atoms with Gasteiger partial charge in [0.2, 0.25) is 0 Å². The minimum Gasteiger partial charge on any atom is -0.463 e. The molecule has 0 unspecified atom stereocenters. The van der Waals surface area contributed by atoms with Crippen LogP contribution in [0.2, 0.25) is 0 Å². The summed E-state index contributed by atoms with van der Waals surface area (Å²) in [5.41, 5.74) is 0. The van der Waals surface area contributed by atoms with Crippen LogP contribution in [-0.4, -0.2) is 25.5 Å². The van der Waals surface area contributed by atoms with Gasteiger partial charge in [0.05, 0.1) is 25.9 Å². The highest BCUT2D eigenvalue weighted by atomic mass is 16.3. The Labute approximate surface area is 130 Å². The van der Waals surface area contributed by atoms with E-state index in [1.165, 1.54) is 24.2 Å². The second-order valence-corrected chi connectivity index (χ2v) is 5.91. The summed E-state index contributed by atoms with van der Waals surface area (Å²) in [5, 5.41) is 2.98. The van der Waals surface area contributed by atoms with E-state index < -0.39 is 0 Å². The first kappa shape index (κ1) is 14.9. The van der Waals surface area contributed by atoms with Crippen molar-refractivity contribution in [1.82, 2.24) is 5.32 Å². The van der Waals surface area contributed by atoms with Crippen LogP contribution in [0.3, 0.4) is 0 Å². The first-order valence-electron chi connectivity index (χ1n) is 7.96. The number of likely N-dealkylation sites (tertiary alicyclic amines) is 1. The van der Waals surface area contributed by atoms with Crippen molar-refractivity contribution in [3.8, 4) is 0 Å². The van der Waals surface area contributed by atoms with Crippen LogP contribution in [0.1, 0.15) is 47.4 Å². The maximum absolute atomic E-state index is 12.2. The molecule has 118 valence electrons. The lowest BCUT2D eigenvalue weighted by molar-refractivity contribution is -0.936. The normalized spacial score (nSPS) is 17.3. The maximum atomic E-state index is 12.2. The van der Waals surface area contributed by atoms with E-state index in [9.17, 15) is 4.79 Å². The number of carbonyl (C=O) groups is 1. The highest BCUT2D eigenvalue weighted by molar-refractivity contribution is 5.91. The van der Waals surface area contributed by atoms with Gasteiger partial charge >= 0.3 is 0 Å². The van der Waals surface area contributed by atoms with Crippen molar-refractivity contribution in [2.24, 2.45) is 0 Å². The van der Waals surface area contributed by atoms with Gasteiger partial charge < -0.3 is 19.1 Å². The first-order chi connectivity index (χ1) is 10.7. The molecule has 0 aliphatic carbocycles. The Morgan fingerprint density at radius 3 is 2.73 bits per heavy atom. The molecule has 0 aromatic carbocycles. The third-order valence-corrected chi connectivity index (χ3v) is 4.31. The van der Waals surface area contributed by atoms with Gasteiger partial charge in [0.1, 0.15) is 5.76 Å². The number of piperidine rings is 1. The molecule has 5 nitrogen and oxygen atoms in total. The highest BCUT2D eigenvalue weighted by Gasteiger charge is 2.28. The van der Waals surface area contributed by atoms with Gasteiger partial charge in [-0.05, 0) is 50.5 Å². The van der Waals surface area contributed by atoms with Crippen molar-refractivity contribution in [3.05, 3.63) is 47.8 Å². The van der Waals surface area contributed by atoms with Crippen molar-refractivity contribution >= 4 is 5.91 Å². The number of amides is 1. The standard InChI is InChI=1S/C17H22N2O3/c1-13-7-8-16(22-13)17(20)18-12-14(15-6-5-11-21-15)19-9-3-2-4-10-19/h5-8,11,14H,2-4,9-10,12H2,1H3,(H,18,20)/p+1/t14-/m0/s1. The van der Waals surface area contributed by atoms with Crippen molar-refractivity contribution in [2.75, 3.05) is 19.6 Å². The second kappa shape index (κ2) is 6.83. The number of nitrogens with one attached hydrogen (secondary N) is 2. The van der Waals surface area contributed by atoms with E-state index in [0.29, 0.717) is 12.3 Å². The second-order valence-electron chi connectivity index (χ2n) is 5.91. The lowest BCUT2D eigenvalue weighted by Gasteiger charge is -2.30. The van der Waals surface area contributed by atoms with Crippen molar-refractivity contribution in [3.63, 3.8) is 0 Å². The molecular weight excluding hydrogens is 280 g/mol. The number of hydrogen-bond donors (Lipinski definition) is 2. The summed E-state index contributed by atoms with van der Waals surface area (Å²) >= 11 is 0. The van der Waals surface area contributed by atoms with Crippen LogP contribution in [0.4, 0.5) is 0 Å². The van der Waals surface area contributed by atoms with Gasteiger partial charge in [-0.15, -0.1) is 0 Å². The third-order valence-electron chi connectivity index (χ3n) is 4.31. The molecule has 2 N–H and O–H groups in total. The van der Waals surface area contributed by atoms with Gasteiger partial charge in [-0.1, -0.05) is 0 Å². The molecule has 1 amide bonds. The number of carbonyl (C=O) groups excluding carboxylic acids is 1. The molecule has 1 atom stereocenters. The monoisotopic (exact) mass is 303 g/mol. The zero-order valence-corrected chi connectivity index (χ0v) is 12.9. The molecule has 3 heterocycles. The molecule has 1 saturated heterocycles. The molecule has 1 aliphatic rings. The molecule has 2 aromatic rings. The largest absolute Gasteiger partial charge is 0.463 e. The Bertz CT molecular complexity index is 597. The molecule has 0 spiro atoms. The maximum Gasteiger partial charge on any atom is 0.287 e. The van der Waals surface area contributed by atoms with E-state index in [1.54, 1.807) is 18.4 Å². The molecule has 0 saturated carbocycles. The van der Waals surface area contributed by atoms with E-state index in [4.69, 9.17) is 8.83 Å². The van der Waals surface area contributed by atoms with Crippen LogP contribution < -0.4 is 10.2 Å². The molecule has 1 aliphatic heterocycles.